The van der Waals surface area contributed by atoms with Crippen molar-refractivity contribution in [2.24, 2.45) is 7.05 Å². The van der Waals surface area contributed by atoms with Gasteiger partial charge in [-0.25, -0.2) is 4.98 Å². The van der Waals surface area contributed by atoms with Gasteiger partial charge in [-0.3, -0.25) is 14.4 Å². The van der Waals surface area contributed by atoms with Gasteiger partial charge in [0.2, 0.25) is 5.91 Å². The molecule has 3 heterocycles. The van der Waals surface area contributed by atoms with Crippen LogP contribution in [-0.4, -0.2) is 44.7 Å². The molecule has 1 amide bonds. The zero-order chi connectivity index (χ0) is 20.7. The number of hydrogen-bond donors (Lipinski definition) is 1. The van der Waals surface area contributed by atoms with Crippen molar-refractivity contribution >= 4 is 34.3 Å². The van der Waals surface area contributed by atoms with Crippen molar-refractivity contribution in [3.63, 3.8) is 0 Å². The van der Waals surface area contributed by atoms with Crippen LogP contribution in [0, 0.1) is 13.8 Å². The Kier molecular flexibility index (Phi) is 5.36. The Morgan fingerprint density at radius 1 is 1.31 bits per heavy atom. The Hall–Kier alpha value is -2.38. The van der Waals surface area contributed by atoms with Gasteiger partial charge < -0.3 is 9.73 Å². The van der Waals surface area contributed by atoms with Crippen molar-refractivity contribution in [1.29, 1.82) is 0 Å². The summed E-state index contributed by atoms with van der Waals surface area (Å²) in [6.07, 6.45) is 1.81. The number of fused-ring (bicyclic) bond motifs is 1. The van der Waals surface area contributed by atoms with Gasteiger partial charge in [0.25, 0.3) is 0 Å². The van der Waals surface area contributed by atoms with Gasteiger partial charge in [-0.15, -0.1) is 0 Å². The number of halogens is 1. The van der Waals surface area contributed by atoms with Crippen molar-refractivity contribution < 1.29 is 9.21 Å². The van der Waals surface area contributed by atoms with Gasteiger partial charge in [0.05, 0.1) is 23.1 Å². The highest BCUT2D eigenvalue weighted by Gasteiger charge is 2.30. The molecule has 154 valence electrons. The van der Waals surface area contributed by atoms with Crippen molar-refractivity contribution in [2.45, 2.75) is 45.6 Å². The maximum atomic E-state index is 12.8. The summed E-state index contributed by atoms with van der Waals surface area (Å²) in [7, 11) is 1.88. The molecule has 1 fully saturated rings. The Balaban J connectivity index is 1.38. The summed E-state index contributed by atoms with van der Waals surface area (Å²) >= 11 is 6.04. The lowest BCUT2D eigenvalue weighted by atomic mass is 9.95. The molecule has 7 nitrogen and oxygen atoms in total. The summed E-state index contributed by atoms with van der Waals surface area (Å²) in [6.45, 7) is 7.47. The Morgan fingerprint density at radius 2 is 2.03 bits per heavy atom. The van der Waals surface area contributed by atoms with Crippen LogP contribution in [0.5, 0.6) is 0 Å². The average molecular weight is 416 g/mol. The zero-order valence-electron chi connectivity index (χ0n) is 17.2. The Bertz CT molecular complexity index is 1050. The summed E-state index contributed by atoms with van der Waals surface area (Å²) in [4.78, 5) is 19.6. The number of rotatable bonds is 4. The van der Waals surface area contributed by atoms with E-state index in [1.165, 1.54) is 0 Å². The smallest absolute Gasteiger partial charge is 0.241 e. The number of likely N-dealkylation sites (tertiary alicyclic amines) is 1. The number of oxazole rings is 1. The average Bonchev–Trinajstić information content (AvgIpc) is 3.23. The number of carbonyl (C=O) groups is 1. The zero-order valence-corrected chi connectivity index (χ0v) is 18.0. The topological polar surface area (TPSA) is 76.2 Å². The van der Waals surface area contributed by atoms with Crippen LogP contribution in [0.15, 0.2) is 22.6 Å². The molecule has 0 spiro atoms. The first-order valence-electron chi connectivity index (χ1n) is 9.94. The van der Waals surface area contributed by atoms with Gasteiger partial charge in [-0.1, -0.05) is 11.6 Å². The van der Waals surface area contributed by atoms with Crippen molar-refractivity contribution in [2.75, 3.05) is 18.4 Å². The normalized spacial score (nSPS) is 17.0. The second kappa shape index (κ2) is 7.80. The third kappa shape index (κ3) is 3.89. The fourth-order valence-electron chi connectivity index (χ4n) is 3.97. The molecule has 1 aliphatic heterocycles. The molecule has 1 N–H and O–H groups in total. The molecule has 0 aliphatic carbocycles. The Morgan fingerprint density at radius 3 is 2.69 bits per heavy atom. The van der Waals surface area contributed by atoms with Crippen LogP contribution in [0.25, 0.3) is 11.1 Å². The highest BCUT2D eigenvalue weighted by Crippen LogP contribution is 2.31. The van der Waals surface area contributed by atoms with E-state index >= 15 is 0 Å². The predicted octanol–water partition coefficient (Wildman–Crippen LogP) is 4.04. The van der Waals surface area contributed by atoms with E-state index in [1.807, 2.05) is 46.0 Å². The van der Waals surface area contributed by atoms with E-state index in [-0.39, 0.29) is 17.9 Å². The summed E-state index contributed by atoms with van der Waals surface area (Å²) in [5.74, 6) is 1.02. The second-order valence-electron chi connectivity index (χ2n) is 7.81. The minimum atomic E-state index is -0.211. The molecule has 2 aromatic heterocycles. The number of benzene rings is 1. The van der Waals surface area contributed by atoms with E-state index < -0.39 is 0 Å². The monoisotopic (exact) mass is 415 g/mol. The predicted molar refractivity (Wildman–Crippen MR) is 113 cm³/mol. The summed E-state index contributed by atoms with van der Waals surface area (Å²) in [5.41, 5.74) is 4.16. The van der Waals surface area contributed by atoms with E-state index in [4.69, 9.17) is 16.0 Å². The fraction of sp³-hybridized carbons (Fsp3) is 0.476. The molecule has 0 saturated carbocycles. The van der Waals surface area contributed by atoms with Gasteiger partial charge in [0, 0.05) is 18.0 Å². The van der Waals surface area contributed by atoms with Crippen LogP contribution in [0.4, 0.5) is 5.69 Å². The van der Waals surface area contributed by atoms with Gasteiger partial charge in [0.1, 0.15) is 5.52 Å². The molecular formula is C21H26ClN5O2. The molecular weight excluding hydrogens is 390 g/mol. The first-order valence-corrected chi connectivity index (χ1v) is 10.3. The maximum Gasteiger partial charge on any atom is 0.241 e. The number of anilines is 1. The molecule has 0 unspecified atom stereocenters. The highest BCUT2D eigenvalue weighted by molar-refractivity contribution is 6.31. The lowest BCUT2D eigenvalue weighted by Gasteiger charge is -2.34. The van der Waals surface area contributed by atoms with Gasteiger partial charge in [-0.05, 0) is 64.9 Å². The molecule has 4 rings (SSSR count). The molecule has 3 aromatic rings. The van der Waals surface area contributed by atoms with Crippen LogP contribution in [0.3, 0.4) is 0 Å². The van der Waals surface area contributed by atoms with Crippen LogP contribution >= 0.6 is 11.6 Å². The van der Waals surface area contributed by atoms with Crippen molar-refractivity contribution in [3.05, 3.63) is 40.5 Å². The molecule has 1 saturated heterocycles. The summed E-state index contributed by atoms with van der Waals surface area (Å²) in [6, 6.07) is 5.29. The van der Waals surface area contributed by atoms with Crippen molar-refractivity contribution in [3.8, 4) is 0 Å². The second-order valence-corrected chi connectivity index (χ2v) is 8.25. The number of amides is 1. The van der Waals surface area contributed by atoms with Gasteiger partial charge in [0.15, 0.2) is 11.5 Å². The number of hydrogen-bond acceptors (Lipinski definition) is 5. The molecule has 29 heavy (non-hydrogen) atoms. The third-order valence-electron chi connectivity index (χ3n) is 5.93. The summed E-state index contributed by atoms with van der Waals surface area (Å²) < 4.78 is 7.72. The fourth-order valence-corrected chi connectivity index (χ4v) is 4.14. The number of piperidine rings is 1. The molecule has 1 aliphatic rings. The third-order valence-corrected chi connectivity index (χ3v) is 6.16. The first kappa shape index (κ1) is 19.9. The molecule has 8 heteroatoms. The van der Waals surface area contributed by atoms with Crippen LogP contribution < -0.4 is 5.32 Å². The minimum absolute atomic E-state index is 0.000783. The highest BCUT2D eigenvalue weighted by atomic mass is 35.5. The van der Waals surface area contributed by atoms with E-state index in [0.29, 0.717) is 5.02 Å². The van der Waals surface area contributed by atoms with E-state index in [9.17, 15) is 4.79 Å². The van der Waals surface area contributed by atoms with E-state index in [2.05, 4.69) is 20.3 Å². The van der Waals surface area contributed by atoms with Crippen LogP contribution in [-0.2, 0) is 11.8 Å². The lowest BCUT2D eigenvalue weighted by Crippen LogP contribution is -2.45. The summed E-state index contributed by atoms with van der Waals surface area (Å²) in [5, 5.41) is 8.08. The largest absolute Gasteiger partial charge is 0.440 e. The van der Waals surface area contributed by atoms with Crippen molar-refractivity contribution in [1.82, 2.24) is 19.7 Å². The molecule has 0 radical (unpaired) electrons. The number of carbonyl (C=O) groups excluding carboxylic acids is 1. The minimum Gasteiger partial charge on any atom is -0.440 e. The number of aryl methyl sites for hydroxylation is 2. The van der Waals surface area contributed by atoms with E-state index in [0.717, 1.165) is 60.0 Å². The quantitative estimate of drug-likeness (QED) is 0.695. The maximum absolute atomic E-state index is 12.8. The van der Waals surface area contributed by atoms with Gasteiger partial charge in [-0.2, -0.15) is 5.10 Å². The SMILES string of the molecule is Cc1nn(C)c(C)c1NC(=O)[C@@H](C)N1CCC(c2nc3cc(Cl)ccc3o2)CC1. The van der Waals surface area contributed by atoms with E-state index in [1.54, 1.807) is 4.68 Å². The molecule has 1 atom stereocenters. The number of nitrogens with one attached hydrogen (secondary N) is 1. The first-order chi connectivity index (χ1) is 13.8. The van der Waals surface area contributed by atoms with Gasteiger partial charge >= 0.3 is 0 Å². The molecule has 1 aromatic carbocycles. The molecule has 0 bridgehead atoms. The lowest BCUT2D eigenvalue weighted by molar-refractivity contribution is -0.121. The van der Waals surface area contributed by atoms with Crippen LogP contribution in [0.2, 0.25) is 5.02 Å². The Labute approximate surface area is 175 Å². The number of nitrogens with zero attached hydrogens (tertiary/aromatic N) is 4. The standard InChI is InChI=1S/C21H26ClN5O2/c1-12-19(13(2)26(4)25-12)24-20(28)14(3)27-9-7-15(8-10-27)21-23-17-11-16(22)5-6-18(17)29-21/h5-6,11,14-15H,7-10H2,1-4H3,(H,24,28)/t14-/m1/s1. The number of aromatic nitrogens is 3. The van der Waals surface area contributed by atoms with Crippen LogP contribution in [0.1, 0.15) is 43.0 Å².